The minimum Gasteiger partial charge on any atom is -0.377 e. The van der Waals surface area contributed by atoms with Gasteiger partial charge in [0.05, 0.1) is 25.3 Å². The maximum absolute atomic E-state index is 12.3. The second kappa shape index (κ2) is 6.40. The molecule has 4 heteroatoms. The van der Waals surface area contributed by atoms with Gasteiger partial charge in [-0.1, -0.05) is 23.7 Å². The molecule has 1 heterocycles. The van der Waals surface area contributed by atoms with Gasteiger partial charge in [-0.05, 0) is 38.0 Å². The van der Waals surface area contributed by atoms with Gasteiger partial charge in [0.2, 0.25) is 5.91 Å². The summed E-state index contributed by atoms with van der Waals surface area (Å²) in [7, 11) is 0. The van der Waals surface area contributed by atoms with Gasteiger partial charge in [0.15, 0.2) is 0 Å². The number of hydrogen-bond acceptors (Lipinski definition) is 2. The molecule has 1 aliphatic rings. The van der Waals surface area contributed by atoms with Crippen LogP contribution in [0.3, 0.4) is 0 Å². The fraction of sp³-hybridized carbons (Fsp3) is 0.533. The molecule has 2 atom stereocenters. The van der Waals surface area contributed by atoms with E-state index >= 15 is 0 Å². The molecule has 1 saturated heterocycles. The Morgan fingerprint density at radius 3 is 2.68 bits per heavy atom. The lowest BCUT2D eigenvalue weighted by atomic mass is 10.1. The number of hydrogen-bond donors (Lipinski definition) is 0. The maximum Gasteiger partial charge on any atom is 0.223 e. The van der Waals surface area contributed by atoms with Gasteiger partial charge >= 0.3 is 0 Å². The van der Waals surface area contributed by atoms with E-state index < -0.39 is 0 Å². The van der Waals surface area contributed by atoms with Crippen LogP contribution in [-0.2, 0) is 16.0 Å². The number of carbonyl (C=O) groups excluding carboxylic acids is 1. The summed E-state index contributed by atoms with van der Waals surface area (Å²) in [4.78, 5) is 14.3. The van der Waals surface area contributed by atoms with E-state index in [1.165, 1.54) is 0 Å². The third kappa shape index (κ3) is 3.71. The van der Waals surface area contributed by atoms with Gasteiger partial charge in [0.1, 0.15) is 0 Å². The molecule has 1 fully saturated rings. The molecule has 19 heavy (non-hydrogen) atoms. The van der Waals surface area contributed by atoms with E-state index in [2.05, 4.69) is 0 Å². The average Bonchev–Trinajstić information content (AvgIpc) is 2.36. The highest BCUT2D eigenvalue weighted by molar-refractivity contribution is 6.30. The van der Waals surface area contributed by atoms with E-state index in [1.54, 1.807) is 0 Å². The standard InChI is InChI=1S/C15H20ClNO2/c1-11-9-19-10-12(2)17(11)15(18)7-6-13-4-3-5-14(16)8-13/h3-5,8,11-12H,6-7,9-10H2,1-2H3. The number of carbonyl (C=O) groups is 1. The number of amides is 1. The van der Waals surface area contributed by atoms with Crippen molar-refractivity contribution in [3.05, 3.63) is 34.9 Å². The fourth-order valence-corrected chi connectivity index (χ4v) is 2.78. The summed E-state index contributed by atoms with van der Waals surface area (Å²) >= 11 is 5.94. The van der Waals surface area contributed by atoms with E-state index in [4.69, 9.17) is 16.3 Å². The SMILES string of the molecule is CC1COCC(C)N1C(=O)CCc1cccc(Cl)c1. The van der Waals surface area contributed by atoms with Crippen molar-refractivity contribution in [2.45, 2.75) is 38.8 Å². The van der Waals surface area contributed by atoms with Crippen LogP contribution in [0.25, 0.3) is 0 Å². The number of morpholine rings is 1. The summed E-state index contributed by atoms with van der Waals surface area (Å²) in [5.41, 5.74) is 1.11. The molecule has 2 rings (SSSR count). The summed E-state index contributed by atoms with van der Waals surface area (Å²) < 4.78 is 5.44. The van der Waals surface area contributed by atoms with Gasteiger partial charge in [-0.3, -0.25) is 4.79 Å². The van der Waals surface area contributed by atoms with Crippen molar-refractivity contribution in [2.75, 3.05) is 13.2 Å². The Morgan fingerprint density at radius 2 is 2.05 bits per heavy atom. The summed E-state index contributed by atoms with van der Waals surface area (Å²) in [5.74, 6) is 0.197. The Kier molecular flexibility index (Phi) is 4.83. The van der Waals surface area contributed by atoms with Crippen LogP contribution in [0.4, 0.5) is 0 Å². The third-order valence-corrected chi connectivity index (χ3v) is 3.71. The second-order valence-corrected chi connectivity index (χ2v) is 5.60. The van der Waals surface area contributed by atoms with Crippen LogP contribution in [0.15, 0.2) is 24.3 Å². The molecule has 1 aromatic rings. The highest BCUT2D eigenvalue weighted by atomic mass is 35.5. The van der Waals surface area contributed by atoms with E-state index in [-0.39, 0.29) is 18.0 Å². The Labute approximate surface area is 119 Å². The predicted molar refractivity (Wildman–Crippen MR) is 76.4 cm³/mol. The molecular formula is C15H20ClNO2. The van der Waals surface area contributed by atoms with Crippen molar-refractivity contribution in [2.24, 2.45) is 0 Å². The Hall–Kier alpha value is -1.06. The van der Waals surface area contributed by atoms with Crippen molar-refractivity contribution in [3.63, 3.8) is 0 Å². The number of aryl methyl sites for hydroxylation is 1. The molecular weight excluding hydrogens is 262 g/mol. The lowest BCUT2D eigenvalue weighted by Gasteiger charge is -2.38. The quantitative estimate of drug-likeness (QED) is 0.853. The summed E-state index contributed by atoms with van der Waals surface area (Å²) in [6, 6.07) is 8.01. The topological polar surface area (TPSA) is 29.5 Å². The molecule has 104 valence electrons. The van der Waals surface area contributed by atoms with Crippen molar-refractivity contribution in [3.8, 4) is 0 Å². The first kappa shape index (κ1) is 14.4. The largest absolute Gasteiger partial charge is 0.377 e. The smallest absolute Gasteiger partial charge is 0.223 e. The molecule has 1 aliphatic heterocycles. The van der Waals surface area contributed by atoms with Crippen molar-refractivity contribution in [1.82, 2.24) is 4.90 Å². The summed E-state index contributed by atoms with van der Waals surface area (Å²) in [6.07, 6.45) is 1.26. The first-order valence-corrected chi connectivity index (χ1v) is 7.09. The number of halogens is 1. The van der Waals surface area contributed by atoms with Gasteiger partial charge < -0.3 is 9.64 Å². The molecule has 0 radical (unpaired) electrons. The molecule has 1 amide bonds. The molecule has 0 aromatic heterocycles. The van der Waals surface area contributed by atoms with E-state index in [0.29, 0.717) is 19.6 Å². The van der Waals surface area contributed by atoms with Crippen LogP contribution >= 0.6 is 11.6 Å². The van der Waals surface area contributed by atoms with Crippen LogP contribution < -0.4 is 0 Å². The van der Waals surface area contributed by atoms with Crippen LogP contribution in [0.5, 0.6) is 0 Å². The monoisotopic (exact) mass is 281 g/mol. The van der Waals surface area contributed by atoms with Gasteiger partial charge in [-0.2, -0.15) is 0 Å². The van der Waals surface area contributed by atoms with E-state index in [9.17, 15) is 4.79 Å². The summed E-state index contributed by atoms with van der Waals surface area (Å²) in [6.45, 7) is 5.33. The molecule has 0 aliphatic carbocycles. The number of benzene rings is 1. The van der Waals surface area contributed by atoms with Crippen LogP contribution in [0, 0.1) is 0 Å². The van der Waals surface area contributed by atoms with Gasteiger partial charge in [-0.15, -0.1) is 0 Å². The molecule has 0 N–H and O–H groups in total. The third-order valence-electron chi connectivity index (χ3n) is 3.47. The normalized spacial score (nSPS) is 23.4. The maximum atomic E-state index is 12.3. The number of rotatable bonds is 3. The number of ether oxygens (including phenoxy) is 1. The molecule has 1 aromatic carbocycles. The van der Waals surface area contributed by atoms with Crippen LogP contribution in [0.2, 0.25) is 5.02 Å². The molecule has 0 bridgehead atoms. The molecule has 0 saturated carbocycles. The lowest BCUT2D eigenvalue weighted by Crippen LogP contribution is -2.52. The fourth-order valence-electron chi connectivity index (χ4n) is 2.57. The van der Waals surface area contributed by atoms with Crippen molar-refractivity contribution < 1.29 is 9.53 Å². The second-order valence-electron chi connectivity index (χ2n) is 5.17. The van der Waals surface area contributed by atoms with Gasteiger partial charge in [0.25, 0.3) is 0 Å². The Balaban J connectivity index is 1.93. The average molecular weight is 282 g/mol. The lowest BCUT2D eigenvalue weighted by molar-refractivity contribution is -0.144. The van der Waals surface area contributed by atoms with E-state index in [1.807, 2.05) is 43.0 Å². The van der Waals surface area contributed by atoms with E-state index in [0.717, 1.165) is 17.0 Å². The zero-order valence-corrected chi connectivity index (χ0v) is 12.2. The first-order chi connectivity index (χ1) is 9.08. The zero-order valence-electron chi connectivity index (χ0n) is 11.4. The molecule has 3 nitrogen and oxygen atoms in total. The minimum atomic E-state index is 0.163. The van der Waals surface area contributed by atoms with Crippen molar-refractivity contribution in [1.29, 1.82) is 0 Å². The van der Waals surface area contributed by atoms with Crippen LogP contribution in [0.1, 0.15) is 25.8 Å². The molecule has 2 unspecified atom stereocenters. The highest BCUT2D eigenvalue weighted by Crippen LogP contribution is 2.17. The Bertz CT molecular complexity index is 440. The van der Waals surface area contributed by atoms with Crippen molar-refractivity contribution >= 4 is 17.5 Å². The predicted octanol–water partition coefficient (Wildman–Crippen LogP) is 2.91. The van der Waals surface area contributed by atoms with Gasteiger partial charge in [-0.25, -0.2) is 0 Å². The first-order valence-electron chi connectivity index (χ1n) is 6.71. The Morgan fingerprint density at radius 1 is 1.37 bits per heavy atom. The van der Waals surface area contributed by atoms with Crippen LogP contribution in [-0.4, -0.2) is 36.1 Å². The molecule has 0 spiro atoms. The zero-order chi connectivity index (χ0) is 13.8. The summed E-state index contributed by atoms with van der Waals surface area (Å²) in [5, 5.41) is 0.720. The highest BCUT2D eigenvalue weighted by Gasteiger charge is 2.28. The number of nitrogens with zero attached hydrogens (tertiary/aromatic N) is 1. The minimum absolute atomic E-state index is 0.163. The van der Waals surface area contributed by atoms with Gasteiger partial charge in [0, 0.05) is 11.4 Å².